The molecule has 0 bridgehead atoms. The van der Waals surface area contributed by atoms with Crippen LogP contribution in [0, 0.1) is 11.3 Å². The Hall–Kier alpha value is -2.91. The van der Waals surface area contributed by atoms with E-state index in [1.165, 1.54) is 4.90 Å². The lowest BCUT2D eigenvalue weighted by molar-refractivity contribution is -0.125. The Morgan fingerprint density at radius 2 is 1.39 bits per heavy atom. The van der Waals surface area contributed by atoms with E-state index < -0.39 is 16.7 Å². The number of benzene rings is 3. The van der Waals surface area contributed by atoms with Gasteiger partial charge in [0, 0.05) is 10.4 Å². The first-order chi connectivity index (χ1) is 13.5. The van der Waals surface area contributed by atoms with Crippen molar-refractivity contribution in [1.29, 1.82) is 0 Å². The molecule has 3 aromatic carbocycles. The summed E-state index contributed by atoms with van der Waals surface area (Å²) >= 11 is 6.10. The first-order valence-corrected chi connectivity index (χ1v) is 9.65. The number of rotatable bonds is 3. The van der Waals surface area contributed by atoms with Gasteiger partial charge >= 0.3 is 0 Å². The van der Waals surface area contributed by atoms with Crippen molar-refractivity contribution in [2.45, 2.75) is 12.3 Å². The van der Waals surface area contributed by atoms with E-state index in [9.17, 15) is 9.59 Å². The Labute approximate surface area is 168 Å². The maximum absolute atomic E-state index is 13.6. The quantitative estimate of drug-likeness (QED) is 0.603. The van der Waals surface area contributed by atoms with E-state index in [0.717, 1.165) is 11.1 Å². The van der Waals surface area contributed by atoms with Crippen LogP contribution in [0.4, 0.5) is 5.69 Å². The smallest absolute Gasteiger partial charge is 0.241 e. The van der Waals surface area contributed by atoms with E-state index >= 15 is 0 Å². The Bertz CT molecular complexity index is 1060. The molecular weight excluding hydrogens is 370 g/mol. The predicted octanol–water partition coefficient (Wildman–Crippen LogP) is 4.84. The predicted molar refractivity (Wildman–Crippen MR) is 109 cm³/mol. The van der Waals surface area contributed by atoms with Gasteiger partial charge in [-0.25, -0.2) is 4.90 Å². The van der Waals surface area contributed by atoms with Crippen molar-refractivity contribution in [2.24, 2.45) is 11.3 Å². The van der Waals surface area contributed by atoms with E-state index in [0.29, 0.717) is 10.7 Å². The van der Waals surface area contributed by atoms with Crippen LogP contribution in [0.25, 0.3) is 0 Å². The molecule has 1 aliphatic heterocycles. The van der Waals surface area contributed by atoms with Gasteiger partial charge in [0.2, 0.25) is 11.8 Å². The molecule has 28 heavy (non-hydrogen) atoms. The summed E-state index contributed by atoms with van der Waals surface area (Å²) in [6, 6.07) is 26.7. The maximum Gasteiger partial charge on any atom is 0.241 e. The molecule has 0 aromatic heterocycles. The zero-order valence-corrected chi connectivity index (χ0v) is 16.1. The molecule has 4 heteroatoms. The van der Waals surface area contributed by atoms with Crippen LogP contribution in [0.3, 0.4) is 0 Å². The molecule has 2 atom stereocenters. The topological polar surface area (TPSA) is 37.4 Å². The highest BCUT2D eigenvalue weighted by Gasteiger charge is 2.86. The molecular formula is C24H18ClNO2. The van der Waals surface area contributed by atoms with Gasteiger partial charge in [0.15, 0.2) is 0 Å². The van der Waals surface area contributed by atoms with E-state index in [1.54, 1.807) is 24.3 Å². The average molecular weight is 388 g/mol. The fourth-order valence-electron chi connectivity index (χ4n) is 5.17. The molecule has 1 aliphatic carbocycles. The largest absolute Gasteiger partial charge is 0.274 e. The first-order valence-electron chi connectivity index (χ1n) is 9.28. The van der Waals surface area contributed by atoms with Crippen LogP contribution in [0.1, 0.15) is 18.1 Å². The summed E-state index contributed by atoms with van der Waals surface area (Å²) in [5.41, 5.74) is 1.07. The third-order valence-corrected chi connectivity index (χ3v) is 6.62. The Morgan fingerprint density at radius 3 is 1.86 bits per heavy atom. The van der Waals surface area contributed by atoms with Gasteiger partial charge in [-0.2, -0.15) is 0 Å². The molecule has 1 heterocycles. The van der Waals surface area contributed by atoms with Gasteiger partial charge in [-0.15, -0.1) is 0 Å². The SMILES string of the molecule is C[C@]12C(=O)N(c3cccc(Cl)c3)C(=O)[C@@H]1C2(c1ccccc1)c1ccccc1. The average Bonchev–Trinajstić information content (AvgIpc) is 3.24. The van der Waals surface area contributed by atoms with E-state index in [1.807, 2.05) is 67.6 Å². The molecule has 0 unspecified atom stereocenters. The lowest BCUT2D eigenvalue weighted by Gasteiger charge is -2.29. The second kappa shape index (κ2) is 5.79. The van der Waals surface area contributed by atoms with Gasteiger partial charge in [-0.05, 0) is 36.2 Å². The molecule has 2 aliphatic rings. The van der Waals surface area contributed by atoms with E-state index in [2.05, 4.69) is 0 Å². The van der Waals surface area contributed by atoms with E-state index in [-0.39, 0.29) is 11.8 Å². The summed E-state index contributed by atoms with van der Waals surface area (Å²) in [7, 11) is 0. The monoisotopic (exact) mass is 387 g/mol. The van der Waals surface area contributed by atoms with Crippen molar-refractivity contribution in [1.82, 2.24) is 0 Å². The number of piperidine rings is 1. The fraction of sp³-hybridized carbons (Fsp3) is 0.167. The molecule has 0 spiro atoms. The number of amides is 2. The second-order valence-electron chi connectivity index (χ2n) is 7.63. The normalized spacial score (nSPS) is 24.9. The lowest BCUT2D eigenvalue weighted by atomic mass is 9.79. The van der Waals surface area contributed by atoms with Gasteiger partial charge in [-0.1, -0.05) is 78.3 Å². The third-order valence-electron chi connectivity index (χ3n) is 6.39. The van der Waals surface area contributed by atoms with Crippen molar-refractivity contribution in [3.05, 3.63) is 101 Å². The number of halogens is 1. The number of hydrogen-bond donors (Lipinski definition) is 0. The number of carbonyl (C=O) groups excluding carboxylic acids is 2. The second-order valence-corrected chi connectivity index (χ2v) is 8.07. The fourth-order valence-corrected chi connectivity index (χ4v) is 5.35. The maximum atomic E-state index is 13.6. The molecule has 2 amide bonds. The number of anilines is 1. The van der Waals surface area contributed by atoms with E-state index in [4.69, 9.17) is 11.6 Å². The van der Waals surface area contributed by atoms with Crippen LogP contribution < -0.4 is 4.90 Å². The van der Waals surface area contributed by atoms with Gasteiger partial charge in [0.05, 0.1) is 17.0 Å². The summed E-state index contributed by atoms with van der Waals surface area (Å²) in [5.74, 6) is -0.767. The van der Waals surface area contributed by atoms with Gasteiger partial charge in [0.1, 0.15) is 0 Å². The third kappa shape index (κ3) is 1.95. The number of imide groups is 1. The van der Waals surface area contributed by atoms with Crippen LogP contribution in [-0.2, 0) is 15.0 Å². The lowest BCUT2D eigenvalue weighted by Crippen LogP contribution is -2.42. The van der Waals surface area contributed by atoms with Crippen LogP contribution >= 0.6 is 11.6 Å². The minimum Gasteiger partial charge on any atom is -0.274 e. The van der Waals surface area contributed by atoms with Crippen molar-refractivity contribution in [3.63, 3.8) is 0 Å². The number of fused-ring (bicyclic) bond motifs is 1. The molecule has 2 fully saturated rings. The highest BCUT2D eigenvalue weighted by atomic mass is 35.5. The number of hydrogen-bond acceptors (Lipinski definition) is 2. The van der Waals surface area contributed by atoms with Gasteiger partial charge < -0.3 is 0 Å². The summed E-state index contributed by atoms with van der Waals surface area (Å²) in [5, 5.41) is 0.501. The zero-order valence-electron chi connectivity index (χ0n) is 15.3. The molecule has 5 rings (SSSR count). The summed E-state index contributed by atoms with van der Waals surface area (Å²) in [4.78, 5) is 28.4. The molecule has 0 radical (unpaired) electrons. The standard InChI is InChI=1S/C24H18ClNO2/c1-23-20(21(27)26(22(23)28)19-14-8-13-18(25)15-19)24(23,16-9-4-2-5-10-16)17-11-6-3-7-12-17/h2-15,20H,1H3/t20-,23+/m0/s1. The molecule has 3 nitrogen and oxygen atoms in total. The Balaban J connectivity index is 1.68. The van der Waals surface area contributed by atoms with Crippen LogP contribution in [0.2, 0.25) is 5.02 Å². The van der Waals surface area contributed by atoms with Crippen LogP contribution in [0.15, 0.2) is 84.9 Å². The molecule has 138 valence electrons. The molecule has 3 aromatic rings. The van der Waals surface area contributed by atoms with Gasteiger partial charge in [0.25, 0.3) is 0 Å². The Kier molecular flexibility index (Phi) is 3.56. The number of nitrogens with zero attached hydrogens (tertiary/aromatic N) is 1. The van der Waals surface area contributed by atoms with Crippen molar-refractivity contribution < 1.29 is 9.59 Å². The zero-order chi connectivity index (χ0) is 19.5. The highest BCUT2D eigenvalue weighted by Crippen LogP contribution is 2.76. The molecule has 1 saturated carbocycles. The highest BCUT2D eigenvalue weighted by molar-refractivity contribution is 6.32. The van der Waals surface area contributed by atoms with Crippen LogP contribution in [0.5, 0.6) is 0 Å². The van der Waals surface area contributed by atoms with Crippen molar-refractivity contribution in [3.8, 4) is 0 Å². The summed E-state index contributed by atoms with van der Waals surface area (Å²) < 4.78 is 0. The van der Waals surface area contributed by atoms with Crippen LogP contribution in [-0.4, -0.2) is 11.8 Å². The molecule has 0 N–H and O–H groups in total. The summed E-state index contributed by atoms with van der Waals surface area (Å²) in [6.45, 7) is 1.92. The minimum atomic E-state index is -0.824. The van der Waals surface area contributed by atoms with Gasteiger partial charge in [-0.3, -0.25) is 9.59 Å². The Morgan fingerprint density at radius 1 is 0.821 bits per heavy atom. The number of carbonyl (C=O) groups is 2. The van der Waals surface area contributed by atoms with Crippen molar-refractivity contribution in [2.75, 3.05) is 4.90 Å². The first kappa shape index (κ1) is 17.2. The molecule has 1 saturated heterocycles. The van der Waals surface area contributed by atoms with Crippen molar-refractivity contribution >= 4 is 29.1 Å². The summed E-state index contributed by atoms with van der Waals surface area (Å²) in [6.07, 6.45) is 0. The minimum absolute atomic E-state index is 0.164.